The zero-order valence-corrected chi connectivity index (χ0v) is 21.1. The average Bonchev–Trinajstić information content (AvgIpc) is 3.56. The Labute approximate surface area is 214 Å². The lowest BCUT2D eigenvalue weighted by molar-refractivity contribution is 0.0696. The SMILES string of the molecule is CCCCc1ncc(C(=O)N(Cc2ccccc2N(C)C)c2nn[nH]n2)n1Cc1ccc(C(=O)O)cc1. The van der Waals surface area contributed by atoms with Crippen LogP contribution in [-0.2, 0) is 19.5 Å². The van der Waals surface area contributed by atoms with Gasteiger partial charge in [-0.05, 0) is 41.0 Å². The van der Waals surface area contributed by atoms with Gasteiger partial charge in [0.15, 0.2) is 0 Å². The summed E-state index contributed by atoms with van der Waals surface area (Å²) in [4.78, 5) is 33.3. The van der Waals surface area contributed by atoms with Gasteiger partial charge in [0, 0.05) is 32.7 Å². The first-order valence-electron chi connectivity index (χ1n) is 12.1. The molecule has 0 aliphatic carbocycles. The van der Waals surface area contributed by atoms with Crippen LogP contribution in [0.25, 0.3) is 0 Å². The number of carboxylic acid groups (broad SMARTS) is 1. The Morgan fingerprint density at radius 3 is 2.49 bits per heavy atom. The highest BCUT2D eigenvalue weighted by Crippen LogP contribution is 2.24. The van der Waals surface area contributed by atoms with E-state index in [0.29, 0.717) is 18.7 Å². The Balaban J connectivity index is 1.72. The Morgan fingerprint density at radius 1 is 1.08 bits per heavy atom. The second-order valence-electron chi connectivity index (χ2n) is 8.88. The number of hydrogen-bond donors (Lipinski definition) is 2. The van der Waals surface area contributed by atoms with Gasteiger partial charge in [-0.1, -0.05) is 48.8 Å². The number of aromatic nitrogens is 6. The molecule has 37 heavy (non-hydrogen) atoms. The number of carbonyl (C=O) groups is 2. The van der Waals surface area contributed by atoms with Crippen molar-refractivity contribution in [1.29, 1.82) is 0 Å². The average molecular weight is 503 g/mol. The van der Waals surface area contributed by atoms with Crippen LogP contribution in [0.3, 0.4) is 0 Å². The van der Waals surface area contributed by atoms with Crippen molar-refractivity contribution in [3.63, 3.8) is 0 Å². The normalized spacial score (nSPS) is 10.9. The molecule has 0 radical (unpaired) electrons. The molecule has 0 saturated heterocycles. The first kappa shape index (κ1) is 25.5. The molecule has 4 rings (SSSR count). The molecular formula is C26H30N8O3. The van der Waals surface area contributed by atoms with Crippen molar-refractivity contribution in [2.45, 2.75) is 39.3 Å². The number of aromatic carboxylic acids is 1. The summed E-state index contributed by atoms with van der Waals surface area (Å²) in [6.07, 6.45) is 4.21. The minimum atomic E-state index is -0.984. The molecule has 11 nitrogen and oxygen atoms in total. The van der Waals surface area contributed by atoms with Crippen LogP contribution in [0.5, 0.6) is 0 Å². The molecular weight excluding hydrogens is 472 g/mol. The van der Waals surface area contributed by atoms with Gasteiger partial charge in [-0.2, -0.15) is 5.21 Å². The Hall–Kier alpha value is -4.54. The number of aromatic amines is 1. The van der Waals surface area contributed by atoms with Gasteiger partial charge < -0.3 is 14.6 Å². The molecule has 2 heterocycles. The standard InChI is InChI=1S/C26H30N8O3/c1-4-5-10-23-27-15-22(33(23)16-18-11-13-19(14-12-18)25(36)37)24(35)34(26-28-30-31-29-26)17-20-8-6-7-9-21(20)32(2)3/h6-9,11-15H,4-5,10,16-17H2,1-3H3,(H,36,37)(H,28,29,30,31). The minimum absolute atomic E-state index is 0.159. The number of nitrogens with zero attached hydrogens (tertiary/aromatic N) is 7. The van der Waals surface area contributed by atoms with Crippen molar-refractivity contribution in [3.8, 4) is 0 Å². The summed E-state index contributed by atoms with van der Waals surface area (Å²) in [5.74, 6) is -0.351. The van der Waals surface area contributed by atoms with E-state index in [-0.39, 0.29) is 24.0 Å². The second kappa shape index (κ2) is 11.5. The van der Waals surface area contributed by atoms with Crippen molar-refractivity contribution in [3.05, 3.63) is 82.9 Å². The predicted molar refractivity (Wildman–Crippen MR) is 139 cm³/mol. The number of benzene rings is 2. The molecule has 0 atom stereocenters. The number of imidazole rings is 1. The molecule has 0 aliphatic rings. The summed E-state index contributed by atoms with van der Waals surface area (Å²) >= 11 is 0. The van der Waals surface area contributed by atoms with E-state index >= 15 is 0 Å². The van der Waals surface area contributed by atoms with E-state index in [1.165, 1.54) is 4.90 Å². The lowest BCUT2D eigenvalue weighted by atomic mass is 10.1. The topological polar surface area (TPSA) is 133 Å². The van der Waals surface area contributed by atoms with Crippen molar-refractivity contribution < 1.29 is 14.7 Å². The number of para-hydroxylation sites is 1. The van der Waals surface area contributed by atoms with E-state index in [0.717, 1.165) is 35.5 Å². The van der Waals surface area contributed by atoms with Crippen LogP contribution in [0.15, 0.2) is 54.7 Å². The lowest BCUT2D eigenvalue weighted by Gasteiger charge is -2.23. The van der Waals surface area contributed by atoms with Gasteiger partial charge in [0.1, 0.15) is 11.5 Å². The molecule has 0 spiro atoms. The Kier molecular flexibility index (Phi) is 7.92. The maximum absolute atomic E-state index is 14.0. The molecule has 1 amide bonds. The first-order valence-corrected chi connectivity index (χ1v) is 12.1. The fraction of sp³-hybridized carbons (Fsp3) is 0.308. The number of tetrazole rings is 1. The van der Waals surface area contributed by atoms with E-state index in [9.17, 15) is 14.7 Å². The van der Waals surface area contributed by atoms with Crippen molar-refractivity contribution >= 4 is 23.5 Å². The summed E-state index contributed by atoms with van der Waals surface area (Å²) in [5, 5.41) is 23.5. The van der Waals surface area contributed by atoms with E-state index in [1.54, 1.807) is 30.5 Å². The van der Waals surface area contributed by atoms with Gasteiger partial charge in [0.2, 0.25) is 0 Å². The number of carboxylic acids is 1. The van der Waals surface area contributed by atoms with Crippen molar-refractivity contribution in [2.24, 2.45) is 0 Å². The molecule has 2 aromatic heterocycles. The summed E-state index contributed by atoms with van der Waals surface area (Å²) in [6, 6.07) is 14.5. The Bertz CT molecular complexity index is 1350. The van der Waals surface area contributed by atoms with Crippen molar-refractivity contribution in [1.82, 2.24) is 30.2 Å². The van der Waals surface area contributed by atoms with Crippen LogP contribution in [-0.4, -0.2) is 61.3 Å². The van der Waals surface area contributed by atoms with Crippen LogP contribution < -0.4 is 9.80 Å². The maximum Gasteiger partial charge on any atom is 0.335 e. The maximum atomic E-state index is 14.0. The second-order valence-corrected chi connectivity index (χ2v) is 8.88. The molecule has 4 aromatic rings. The van der Waals surface area contributed by atoms with Gasteiger partial charge in [0.05, 0.1) is 18.3 Å². The van der Waals surface area contributed by atoms with Crippen LogP contribution in [0, 0.1) is 0 Å². The zero-order chi connectivity index (χ0) is 26.4. The number of aryl methyl sites for hydroxylation is 1. The van der Waals surface area contributed by atoms with Gasteiger partial charge in [-0.15, -0.1) is 5.10 Å². The highest BCUT2D eigenvalue weighted by Gasteiger charge is 2.27. The van der Waals surface area contributed by atoms with Crippen LogP contribution in [0.2, 0.25) is 0 Å². The van der Waals surface area contributed by atoms with Crippen LogP contribution in [0.4, 0.5) is 11.6 Å². The van der Waals surface area contributed by atoms with E-state index in [2.05, 4.69) is 32.5 Å². The van der Waals surface area contributed by atoms with E-state index in [4.69, 9.17) is 0 Å². The summed E-state index contributed by atoms with van der Waals surface area (Å²) in [6.45, 7) is 2.70. The number of unbranched alkanes of at least 4 members (excludes halogenated alkanes) is 1. The summed E-state index contributed by atoms with van der Waals surface area (Å²) < 4.78 is 1.89. The monoisotopic (exact) mass is 502 g/mol. The molecule has 11 heteroatoms. The van der Waals surface area contributed by atoms with Gasteiger partial charge >= 0.3 is 5.97 Å². The molecule has 0 aliphatic heterocycles. The number of amides is 1. The fourth-order valence-corrected chi connectivity index (χ4v) is 4.12. The number of carbonyl (C=O) groups excluding carboxylic acids is 1. The highest BCUT2D eigenvalue weighted by atomic mass is 16.4. The lowest BCUT2D eigenvalue weighted by Crippen LogP contribution is -2.34. The van der Waals surface area contributed by atoms with Gasteiger partial charge in [-0.3, -0.25) is 9.69 Å². The van der Waals surface area contributed by atoms with Crippen molar-refractivity contribution in [2.75, 3.05) is 23.9 Å². The molecule has 0 saturated carbocycles. The summed E-state index contributed by atoms with van der Waals surface area (Å²) in [7, 11) is 3.90. The highest BCUT2D eigenvalue weighted by molar-refractivity contribution is 6.04. The number of H-pyrrole nitrogens is 1. The van der Waals surface area contributed by atoms with E-state index < -0.39 is 5.97 Å². The number of rotatable bonds is 11. The minimum Gasteiger partial charge on any atom is -0.478 e. The molecule has 0 unspecified atom stereocenters. The number of hydrogen-bond acceptors (Lipinski definition) is 7. The van der Waals surface area contributed by atoms with Gasteiger partial charge in [0.25, 0.3) is 11.9 Å². The molecule has 2 N–H and O–H groups in total. The third kappa shape index (κ3) is 5.83. The number of anilines is 2. The fourth-order valence-electron chi connectivity index (χ4n) is 4.12. The molecule has 192 valence electrons. The first-order chi connectivity index (χ1) is 17.9. The molecule has 2 aromatic carbocycles. The predicted octanol–water partition coefficient (Wildman–Crippen LogP) is 3.40. The smallest absolute Gasteiger partial charge is 0.335 e. The number of nitrogens with one attached hydrogen (secondary N) is 1. The van der Waals surface area contributed by atoms with Gasteiger partial charge in [-0.25, -0.2) is 9.78 Å². The molecule has 0 fully saturated rings. The van der Waals surface area contributed by atoms with Crippen LogP contribution >= 0.6 is 0 Å². The largest absolute Gasteiger partial charge is 0.478 e. The third-order valence-electron chi connectivity index (χ3n) is 6.08. The molecule has 0 bridgehead atoms. The van der Waals surface area contributed by atoms with E-state index in [1.807, 2.05) is 47.8 Å². The third-order valence-corrected chi connectivity index (χ3v) is 6.08. The quantitative estimate of drug-likeness (QED) is 0.319. The summed E-state index contributed by atoms with van der Waals surface area (Å²) in [5.41, 5.74) is 3.35. The Morgan fingerprint density at radius 2 is 1.84 bits per heavy atom. The van der Waals surface area contributed by atoms with Crippen LogP contribution in [0.1, 0.15) is 57.6 Å². The zero-order valence-electron chi connectivity index (χ0n) is 21.1.